The molecule has 1 amide bonds. The summed E-state index contributed by atoms with van der Waals surface area (Å²) in [6, 6.07) is 15.5. The Morgan fingerprint density at radius 1 is 0.941 bits per heavy atom. The molecule has 1 fully saturated rings. The molecule has 1 aliphatic heterocycles. The number of alkyl halides is 3. The van der Waals surface area contributed by atoms with E-state index in [1.165, 1.54) is 18.2 Å². The first-order valence-electron chi connectivity index (χ1n) is 9.87. The Hall–Kier alpha value is -4.47. The number of aliphatic hydroxyl groups is 1. The molecule has 0 aromatic heterocycles. The molecule has 0 saturated carbocycles. The van der Waals surface area contributed by atoms with E-state index in [1.54, 1.807) is 30.3 Å². The molecular formula is C24H15F3N2O5. The van der Waals surface area contributed by atoms with Crippen molar-refractivity contribution < 1.29 is 32.8 Å². The summed E-state index contributed by atoms with van der Waals surface area (Å²) in [6.07, 6.45) is -4.68. The highest BCUT2D eigenvalue weighted by atomic mass is 19.4. The number of non-ortho nitro benzene ring substituents is 1. The van der Waals surface area contributed by atoms with Gasteiger partial charge in [-0.15, -0.1) is 0 Å². The van der Waals surface area contributed by atoms with Crippen molar-refractivity contribution in [1.29, 1.82) is 0 Å². The number of nitro groups is 1. The van der Waals surface area contributed by atoms with Crippen LogP contribution in [0.3, 0.4) is 0 Å². The first-order valence-corrected chi connectivity index (χ1v) is 9.87. The zero-order valence-electron chi connectivity index (χ0n) is 17.2. The van der Waals surface area contributed by atoms with Crippen molar-refractivity contribution in [2.45, 2.75) is 12.2 Å². The second kappa shape index (κ2) is 8.47. The number of rotatable bonds is 4. The zero-order chi connectivity index (χ0) is 24.6. The number of benzene rings is 3. The third kappa shape index (κ3) is 4.01. The molecule has 7 nitrogen and oxygen atoms in total. The van der Waals surface area contributed by atoms with Gasteiger partial charge in [-0.25, -0.2) is 0 Å². The van der Waals surface area contributed by atoms with Gasteiger partial charge in [0.2, 0.25) is 0 Å². The molecule has 1 atom stereocenters. The van der Waals surface area contributed by atoms with E-state index >= 15 is 0 Å². The van der Waals surface area contributed by atoms with Crippen LogP contribution < -0.4 is 4.90 Å². The van der Waals surface area contributed by atoms with Gasteiger partial charge in [0.25, 0.3) is 17.4 Å². The van der Waals surface area contributed by atoms with Gasteiger partial charge in [-0.1, -0.05) is 36.4 Å². The number of halogens is 3. The normalized spacial score (nSPS) is 17.7. The third-order valence-electron chi connectivity index (χ3n) is 5.36. The number of ketones is 1. The Kier molecular flexibility index (Phi) is 5.66. The van der Waals surface area contributed by atoms with Crippen LogP contribution in [0.2, 0.25) is 0 Å². The lowest BCUT2D eigenvalue weighted by molar-refractivity contribution is -0.384. The van der Waals surface area contributed by atoms with Gasteiger partial charge in [0.15, 0.2) is 0 Å². The van der Waals surface area contributed by atoms with Gasteiger partial charge in [0.1, 0.15) is 5.76 Å². The number of hydrogen-bond acceptors (Lipinski definition) is 5. The molecule has 3 aromatic carbocycles. The molecular weight excluding hydrogens is 453 g/mol. The number of nitro benzene ring substituents is 1. The number of carbonyl (C=O) groups excluding carboxylic acids is 2. The van der Waals surface area contributed by atoms with Crippen molar-refractivity contribution in [1.82, 2.24) is 0 Å². The minimum absolute atomic E-state index is 0.0357. The molecule has 1 aliphatic rings. The third-order valence-corrected chi connectivity index (χ3v) is 5.36. The Morgan fingerprint density at radius 3 is 2.18 bits per heavy atom. The quantitative estimate of drug-likeness (QED) is 0.186. The van der Waals surface area contributed by atoms with E-state index in [4.69, 9.17) is 0 Å². The van der Waals surface area contributed by atoms with Gasteiger partial charge in [-0.3, -0.25) is 24.6 Å². The summed E-state index contributed by atoms with van der Waals surface area (Å²) in [7, 11) is 0. The monoisotopic (exact) mass is 468 g/mol. The maximum absolute atomic E-state index is 13.3. The van der Waals surface area contributed by atoms with Crippen LogP contribution in [-0.2, 0) is 15.8 Å². The Morgan fingerprint density at radius 2 is 1.59 bits per heavy atom. The summed E-state index contributed by atoms with van der Waals surface area (Å²) in [5, 5.41) is 21.9. The summed E-state index contributed by atoms with van der Waals surface area (Å²) in [6.45, 7) is 0. The SMILES string of the molecule is O=C1C(=O)N(c2cccc(C(F)(F)F)c2)C(c2ccccc2)C1=C(O)c1ccc([N+](=O)[O-])cc1. The fraction of sp³-hybridized carbons (Fsp3) is 0.0833. The van der Waals surface area contributed by atoms with E-state index in [9.17, 15) is 38.0 Å². The fourth-order valence-corrected chi connectivity index (χ4v) is 3.78. The number of aliphatic hydroxyl groups excluding tert-OH is 1. The average molecular weight is 468 g/mol. The van der Waals surface area contributed by atoms with Gasteiger partial charge in [0.05, 0.1) is 22.1 Å². The summed E-state index contributed by atoms with van der Waals surface area (Å²) in [4.78, 5) is 37.2. The fourth-order valence-electron chi connectivity index (χ4n) is 3.78. The van der Waals surface area contributed by atoms with Gasteiger partial charge in [-0.05, 0) is 35.9 Å². The highest BCUT2D eigenvalue weighted by Crippen LogP contribution is 2.43. The lowest BCUT2D eigenvalue weighted by atomic mass is 9.95. The largest absolute Gasteiger partial charge is 0.507 e. The van der Waals surface area contributed by atoms with E-state index in [-0.39, 0.29) is 22.5 Å². The van der Waals surface area contributed by atoms with Crippen LogP contribution in [0.5, 0.6) is 0 Å². The molecule has 0 radical (unpaired) electrons. The number of Topliss-reactive ketones (excluding diaryl/α,β-unsaturated/α-hetero) is 1. The van der Waals surface area contributed by atoms with Crippen molar-refractivity contribution >= 4 is 28.8 Å². The van der Waals surface area contributed by atoms with Gasteiger partial charge < -0.3 is 5.11 Å². The van der Waals surface area contributed by atoms with Gasteiger partial charge >= 0.3 is 6.18 Å². The molecule has 1 N–H and O–H groups in total. The van der Waals surface area contributed by atoms with E-state index in [0.717, 1.165) is 35.2 Å². The molecule has 1 saturated heterocycles. The summed E-state index contributed by atoms with van der Waals surface area (Å²) in [5.74, 6) is -2.81. The van der Waals surface area contributed by atoms with Crippen molar-refractivity contribution in [2.75, 3.05) is 4.90 Å². The summed E-state index contributed by atoms with van der Waals surface area (Å²) < 4.78 is 39.9. The van der Waals surface area contributed by atoms with Crippen LogP contribution >= 0.6 is 0 Å². The topological polar surface area (TPSA) is 101 Å². The smallest absolute Gasteiger partial charge is 0.416 e. The number of hydrogen-bond donors (Lipinski definition) is 1. The number of amides is 1. The van der Waals surface area contributed by atoms with E-state index < -0.39 is 40.2 Å². The van der Waals surface area contributed by atoms with Crippen LogP contribution in [0.4, 0.5) is 24.5 Å². The van der Waals surface area contributed by atoms with E-state index in [0.29, 0.717) is 5.56 Å². The first kappa shape index (κ1) is 22.7. The van der Waals surface area contributed by atoms with Crippen molar-refractivity contribution in [2.24, 2.45) is 0 Å². The van der Waals surface area contributed by atoms with Crippen molar-refractivity contribution in [3.63, 3.8) is 0 Å². The lowest BCUT2D eigenvalue weighted by Gasteiger charge is -2.26. The van der Waals surface area contributed by atoms with Gasteiger partial charge in [0, 0.05) is 23.4 Å². The van der Waals surface area contributed by atoms with Crippen molar-refractivity contribution in [3.05, 3.63) is 111 Å². The maximum Gasteiger partial charge on any atom is 0.416 e. The second-order valence-electron chi connectivity index (χ2n) is 7.43. The van der Waals surface area contributed by atoms with Crippen LogP contribution in [0, 0.1) is 10.1 Å². The summed E-state index contributed by atoms with van der Waals surface area (Å²) >= 11 is 0. The predicted octanol–water partition coefficient (Wildman–Crippen LogP) is 5.24. The van der Waals surface area contributed by atoms with E-state index in [1.807, 2.05) is 0 Å². The molecule has 172 valence electrons. The molecule has 1 unspecified atom stereocenters. The number of nitrogens with zero attached hydrogens (tertiary/aromatic N) is 2. The molecule has 4 rings (SSSR count). The van der Waals surface area contributed by atoms with Crippen LogP contribution in [0.25, 0.3) is 5.76 Å². The molecule has 0 spiro atoms. The standard InChI is InChI=1S/C24H15F3N2O5/c25-24(26,27)16-7-4-8-18(13-16)28-20(14-5-2-1-3-6-14)19(22(31)23(28)32)21(30)15-9-11-17(12-10-15)29(33)34/h1-13,20,30H. The Bertz CT molecular complexity index is 1320. The molecule has 1 heterocycles. The zero-order valence-corrected chi connectivity index (χ0v) is 17.2. The molecule has 10 heteroatoms. The van der Waals surface area contributed by atoms with E-state index in [2.05, 4.69) is 0 Å². The number of carbonyl (C=O) groups is 2. The second-order valence-corrected chi connectivity index (χ2v) is 7.43. The number of anilines is 1. The highest BCUT2D eigenvalue weighted by Gasteiger charge is 2.47. The minimum Gasteiger partial charge on any atom is -0.507 e. The maximum atomic E-state index is 13.3. The Balaban J connectivity index is 1.91. The van der Waals surface area contributed by atoms with Gasteiger partial charge in [-0.2, -0.15) is 13.2 Å². The lowest BCUT2D eigenvalue weighted by Crippen LogP contribution is -2.29. The average Bonchev–Trinajstić information content (AvgIpc) is 3.09. The Labute approximate surface area is 190 Å². The predicted molar refractivity (Wildman–Crippen MR) is 116 cm³/mol. The molecule has 0 aliphatic carbocycles. The summed E-state index contributed by atoms with van der Waals surface area (Å²) in [5.41, 5.74) is -1.36. The van der Waals surface area contributed by atoms with Crippen molar-refractivity contribution in [3.8, 4) is 0 Å². The highest BCUT2D eigenvalue weighted by molar-refractivity contribution is 6.51. The van der Waals surface area contributed by atoms with Crippen LogP contribution in [0.15, 0.2) is 84.4 Å². The van der Waals surface area contributed by atoms with Crippen LogP contribution in [0.1, 0.15) is 22.7 Å². The minimum atomic E-state index is -4.68. The molecule has 3 aromatic rings. The first-order chi connectivity index (χ1) is 16.1. The molecule has 34 heavy (non-hydrogen) atoms. The molecule has 0 bridgehead atoms. The van der Waals surface area contributed by atoms with Crippen LogP contribution in [-0.4, -0.2) is 21.7 Å².